The maximum Gasteiger partial charge on any atom is 0.232 e. The second kappa shape index (κ2) is 9.91. The summed E-state index contributed by atoms with van der Waals surface area (Å²) in [6.07, 6.45) is 3.32. The summed E-state index contributed by atoms with van der Waals surface area (Å²) < 4.78 is 5.96. The molecule has 0 aromatic heterocycles. The van der Waals surface area contributed by atoms with Crippen molar-refractivity contribution in [2.45, 2.75) is 58.5 Å². The van der Waals surface area contributed by atoms with Crippen LogP contribution in [0, 0.1) is 6.92 Å². The molecule has 1 amide bonds. The Labute approximate surface area is 207 Å². The predicted molar refractivity (Wildman–Crippen MR) is 139 cm³/mol. The molecule has 3 aromatic carbocycles. The van der Waals surface area contributed by atoms with Gasteiger partial charge in [0, 0.05) is 35.7 Å². The molecule has 178 valence electrons. The monoisotopic (exact) mass is 465 g/mol. The predicted octanol–water partition coefficient (Wildman–Crippen LogP) is 6.66. The van der Waals surface area contributed by atoms with Crippen LogP contribution in [0.5, 0.6) is 5.75 Å². The molecule has 1 unspecified atom stereocenters. The Balaban J connectivity index is 1.40. The molecule has 0 spiro atoms. The van der Waals surface area contributed by atoms with Gasteiger partial charge in [-0.3, -0.25) is 14.5 Å². The number of ether oxygens (including phenoxy) is 1. The van der Waals surface area contributed by atoms with Crippen molar-refractivity contribution in [1.29, 1.82) is 0 Å². The summed E-state index contributed by atoms with van der Waals surface area (Å²) in [5.74, 6) is 0.784. The first-order valence-corrected chi connectivity index (χ1v) is 12.5. The molecular formula is C31H31NO3. The van der Waals surface area contributed by atoms with E-state index in [9.17, 15) is 9.59 Å². The van der Waals surface area contributed by atoms with Gasteiger partial charge in [0.25, 0.3) is 0 Å². The number of carbonyl (C=O) groups is 2. The average molecular weight is 466 g/mol. The fourth-order valence-corrected chi connectivity index (χ4v) is 5.11. The lowest BCUT2D eigenvalue weighted by Gasteiger charge is -2.38. The molecule has 0 N–H and O–H groups in total. The fourth-order valence-electron chi connectivity index (χ4n) is 5.11. The number of aryl methyl sites for hydroxylation is 2. The second-order valence-corrected chi connectivity index (χ2v) is 9.49. The Morgan fingerprint density at radius 1 is 0.857 bits per heavy atom. The van der Waals surface area contributed by atoms with Crippen LogP contribution in [0.15, 0.2) is 84.1 Å². The molecule has 0 bridgehead atoms. The summed E-state index contributed by atoms with van der Waals surface area (Å²) in [7, 11) is 0. The largest absolute Gasteiger partial charge is 0.489 e. The summed E-state index contributed by atoms with van der Waals surface area (Å²) in [4.78, 5) is 28.3. The van der Waals surface area contributed by atoms with Crippen molar-refractivity contribution in [3.8, 4) is 5.75 Å². The maximum atomic E-state index is 13.4. The lowest BCUT2D eigenvalue weighted by Crippen LogP contribution is -2.40. The standard InChI is InChI=1S/C31H31NO3/c1-3-22-11-15-25(16-12-22)32-28-5-4-6-29(33)31(28)27(19-30(32)34)24-13-17-26(18-14-24)35-20-23-9-7-21(2)8-10-23/h7-18,27H,3-6,19-20H2,1-2H3. The van der Waals surface area contributed by atoms with Gasteiger partial charge in [0.2, 0.25) is 5.91 Å². The smallest absolute Gasteiger partial charge is 0.232 e. The molecule has 3 aromatic rings. The van der Waals surface area contributed by atoms with E-state index >= 15 is 0 Å². The molecule has 0 radical (unpaired) electrons. The maximum absolute atomic E-state index is 13.4. The van der Waals surface area contributed by atoms with Crippen LogP contribution in [0.4, 0.5) is 5.69 Å². The van der Waals surface area contributed by atoms with Crippen LogP contribution >= 0.6 is 0 Å². The minimum Gasteiger partial charge on any atom is -0.489 e. The van der Waals surface area contributed by atoms with Crippen molar-refractivity contribution in [2.24, 2.45) is 0 Å². The number of amides is 1. The van der Waals surface area contributed by atoms with E-state index in [0.29, 0.717) is 19.4 Å². The van der Waals surface area contributed by atoms with Crippen molar-refractivity contribution in [2.75, 3.05) is 4.90 Å². The number of ketones is 1. The van der Waals surface area contributed by atoms with Crippen molar-refractivity contribution in [1.82, 2.24) is 0 Å². The fraction of sp³-hybridized carbons (Fsp3) is 0.290. The molecule has 5 rings (SSSR count). The molecule has 2 aliphatic rings. The van der Waals surface area contributed by atoms with Gasteiger partial charge in [-0.1, -0.05) is 61.0 Å². The summed E-state index contributed by atoms with van der Waals surface area (Å²) in [6, 6.07) is 24.3. The third kappa shape index (κ3) is 4.79. The topological polar surface area (TPSA) is 46.6 Å². The van der Waals surface area contributed by atoms with Crippen LogP contribution in [-0.4, -0.2) is 11.7 Å². The number of hydrogen-bond acceptors (Lipinski definition) is 3. The zero-order chi connectivity index (χ0) is 24.4. The molecule has 1 aliphatic heterocycles. The minimum absolute atomic E-state index is 0.0485. The first kappa shape index (κ1) is 23.1. The van der Waals surface area contributed by atoms with Gasteiger partial charge in [0.15, 0.2) is 5.78 Å². The van der Waals surface area contributed by atoms with Crippen molar-refractivity contribution in [3.63, 3.8) is 0 Å². The number of rotatable bonds is 6. The molecule has 0 fully saturated rings. The number of carbonyl (C=O) groups excluding carboxylic acids is 2. The normalized spacial score (nSPS) is 18.0. The Morgan fingerprint density at radius 3 is 2.23 bits per heavy atom. The van der Waals surface area contributed by atoms with E-state index in [1.54, 1.807) is 4.90 Å². The van der Waals surface area contributed by atoms with Crippen LogP contribution in [0.1, 0.15) is 60.8 Å². The summed E-state index contributed by atoms with van der Waals surface area (Å²) in [6.45, 7) is 4.69. The lowest BCUT2D eigenvalue weighted by atomic mass is 9.77. The zero-order valence-electron chi connectivity index (χ0n) is 20.4. The SMILES string of the molecule is CCc1ccc(N2C(=O)CC(c3ccc(OCc4ccc(C)cc4)cc3)C3=C2CCCC3=O)cc1. The van der Waals surface area contributed by atoms with Gasteiger partial charge in [0.1, 0.15) is 12.4 Å². The van der Waals surface area contributed by atoms with Crippen LogP contribution in [-0.2, 0) is 22.6 Å². The van der Waals surface area contributed by atoms with E-state index in [1.165, 1.54) is 11.1 Å². The van der Waals surface area contributed by atoms with Gasteiger partial charge >= 0.3 is 0 Å². The second-order valence-electron chi connectivity index (χ2n) is 9.49. The quantitative estimate of drug-likeness (QED) is 0.409. The Bertz CT molecular complexity index is 1250. The third-order valence-electron chi connectivity index (χ3n) is 7.09. The average Bonchev–Trinajstić information content (AvgIpc) is 2.88. The van der Waals surface area contributed by atoms with Crippen molar-refractivity contribution in [3.05, 3.63) is 106 Å². The molecule has 0 saturated carbocycles. The molecule has 4 nitrogen and oxygen atoms in total. The number of anilines is 1. The molecule has 1 atom stereocenters. The highest BCUT2D eigenvalue weighted by molar-refractivity contribution is 6.07. The van der Waals surface area contributed by atoms with Crippen molar-refractivity contribution >= 4 is 17.4 Å². The number of benzene rings is 3. The van der Waals surface area contributed by atoms with E-state index < -0.39 is 0 Å². The number of nitrogens with zero attached hydrogens (tertiary/aromatic N) is 1. The molecule has 4 heteroatoms. The molecule has 35 heavy (non-hydrogen) atoms. The molecule has 0 saturated heterocycles. The van der Waals surface area contributed by atoms with Gasteiger partial charge < -0.3 is 4.74 Å². The van der Waals surface area contributed by atoms with Gasteiger partial charge in [-0.15, -0.1) is 0 Å². The van der Waals surface area contributed by atoms with Crippen LogP contribution < -0.4 is 9.64 Å². The first-order chi connectivity index (χ1) is 17.0. The number of allylic oxidation sites excluding steroid dienone is 2. The van der Waals surface area contributed by atoms with E-state index in [4.69, 9.17) is 4.74 Å². The highest BCUT2D eigenvalue weighted by Crippen LogP contribution is 2.43. The minimum atomic E-state index is -0.206. The highest BCUT2D eigenvalue weighted by atomic mass is 16.5. The first-order valence-electron chi connectivity index (χ1n) is 12.5. The van der Waals surface area contributed by atoms with Gasteiger partial charge in [-0.05, 0) is 67.1 Å². The van der Waals surface area contributed by atoms with E-state index in [-0.39, 0.29) is 17.6 Å². The highest BCUT2D eigenvalue weighted by Gasteiger charge is 2.39. The summed E-state index contributed by atoms with van der Waals surface area (Å²) in [5.41, 5.74) is 7.11. The van der Waals surface area contributed by atoms with E-state index in [0.717, 1.165) is 53.1 Å². The summed E-state index contributed by atoms with van der Waals surface area (Å²) >= 11 is 0. The molecule has 1 aliphatic carbocycles. The van der Waals surface area contributed by atoms with E-state index in [1.807, 2.05) is 36.4 Å². The van der Waals surface area contributed by atoms with Crippen LogP contribution in [0.25, 0.3) is 0 Å². The number of Topliss-reactive ketones (excluding diaryl/α,β-unsaturated/α-hetero) is 1. The Kier molecular flexibility index (Phi) is 6.54. The molecule has 1 heterocycles. The van der Waals surface area contributed by atoms with E-state index in [2.05, 4.69) is 50.2 Å². The third-order valence-corrected chi connectivity index (χ3v) is 7.09. The Morgan fingerprint density at radius 2 is 1.54 bits per heavy atom. The summed E-state index contributed by atoms with van der Waals surface area (Å²) in [5, 5.41) is 0. The number of hydrogen-bond donors (Lipinski definition) is 0. The zero-order valence-corrected chi connectivity index (χ0v) is 20.4. The van der Waals surface area contributed by atoms with Gasteiger partial charge in [0.05, 0.1) is 0 Å². The molecular weight excluding hydrogens is 434 g/mol. The lowest BCUT2D eigenvalue weighted by molar-refractivity contribution is -0.119. The van der Waals surface area contributed by atoms with Gasteiger partial charge in [-0.2, -0.15) is 0 Å². The van der Waals surface area contributed by atoms with Gasteiger partial charge in [-0.25, -0.2) is 0 Å². The van der Waals surface area contributed by atoms with Crippen LogP contribution in [0.3, 0.4) is 0 Å². The Hall–Kier alpha value is -3.66. The van der Waals surface area contributed by atoms with Crippen LogP contribution in [0.2, 0.25) is 0 Å². The van der Waals surface area contributed by atoms with Crippen molar-refractivity contribution < 1.29 is 14.3 Å².